The molecule has 108 valence electrons. The second kappa shape index (κ2) is 3.94. The number of nitrogens with one attached hydrogen (secondary N) is 1. The molecule has 2 bridgehead atoms. The Kier molecular flexibility index (Phi) is 2.16. The summed E-state index contributed by atoms with van der Waals surface area (Å²) in [5.41, 5.74) is 0.813. The van der Waals surface area contributed by atoms with Gasteiger partial charge in [0.15, 0.2) is 5.82 Å². The lowest BCUT2D eigenvalue weighted by molar-refractivity contribution is 0.0364. The van der Waals surface area contributed by atoms with Gasteiger partial charge in [0.2, 0.25) is 0 Å². The normalized spacial score (nSPS) is 33.6. The van der Waals surface area contributed by atoms with Crippen molar-refractivity contribution in [2.24, 2.45) is 10.9 Å². The largest absolute Gasteiger partial charge is 0.455 e. The summed E-state index contributed by atoms with van der Waals surface area (Å²) in [6.07, 6.45) is 4.65. The van der Waals surface area contributed by atoms with Crippen LogP contribution in [0.1, 0.15) is 6.42 Å². The smallest absolute Gasteiger partial charge is 0.291 e. The minimum absolute atomic E-state index is 0.105. The predicted octanol–water partition coefficient (Wildman–Crippen LogP) is 0.602. The summed E-state index contributed by atoms with van der Waals surface area (Å²) >= 11 is 0. The molecule has 5 rings (SSSR count). The Morgan fingerprint density at radius 3 is 3.29 bits per heavy atom. The van der Waals surface area contributed by atoms with E-state index in [1.807, 2.05) is 18.3 Å². The summed E-state index contributed by atoms with van der Waals surface area (Å²) < 4.78 is 7.98. The van der Waals surface area contributed by atoms with Crippen LogP contribution in [0.4, 0.5) is 5.82 Å². The van der Waals surface area contributed by atoms with Crippen LogP contribution in [0.2, 0.25) is 0 Å². The molecular weight excluding hydrogens is 268 g/mol. The van der Waals surface area contributed by atoms with Crippen molar-refractivity contribution in [2.75, 3.05) is 31.5 Å². The molecule has 5 heterocycles. The highest BCUT2D eigenvalue weighted by Crippen LogP contribution is 2.41. The Hall–Kier alpha value is -2.15. The molecule has 3 atom stereocenters. The highest BCUT2D eigenvalue weighted by atomic mass is 16.5. The van der Waals surface area contributed by atoms with E-state index in [4.69, 9.17) is 4.74 Å². The van der Waals surface area contributed by atoms with Gasteiger partial charge in [-0.25, -0.2) is 14.5 Å². The molecule has 3 aliphatic heterocycles. The Morgan fingerprint density at radius 2 is 2.43 bits per heavy atom. The van der Waals surface area contributed by atoms with Crippen molar-refractivity contribution in [1.82, 2.24) is 19.5 Å². The molecule has 0 aromatic carbocycles. The monoisotopic (exact) mass is 284 g/mol. The molecule has 0 amide bonds. The molecule has 0 radical (unpaired) electrons. The second-order valence-electron chi connectivity index (χ2n) is 6.08. The fraction of sp³-hybridized carbons (Fsp3) is 0.500. The molecule has 0 saturated carbocycles. The number of rotatable bonds is 1. The van der Waals surface area contributed by atoms with Gasteiger partial charge < -0.3 is 4.74 Å². The number of aliphatic imine (C=N–C) groups is 1. The Balaban J connectivity index is 1.39. The zero-order valence-corrected chi connectivity index (χ0v) is 11.6. The van der Waals surface area contributed by atoms with Crippen LogP contribution in [0.3, 0.4) is 0 Å². The lowest BCUT2D eigenvalue weighted by Gasteiger charge is -2.32. The van der Waals surface area contributed by atoms with E-state index in [9.17, 15) is 0 Å². The molecule has 3 aliphatic rings. The van der Waals surface area contributed by atoms with E-state index in [0.29, 0.717) is 11.9 Å². The van der Waals surface area contributed by atoms with Crippen LogP contribution in [0.15, 0.2) is 29.6 Å². The summed E-state index contributed by atoms with van der Waals surface area (Å²) in [4.78, 5) is 11.3. The molecule has 1 N–H and O–H groups in total. The van der Waals surface area contributed by atoms with Gasteiger partial charge in [0.05, 0.1) is 6.54 Å². The van der Waals surface area contributed by atoms with Crippen molar-refractivity contribution >= 4 is 17.4 Å². The molecule has 0 aliphatic carbocycles. The van der Waals surface area contributed by atoms with Crippen molar-refractivity contribution in [3.05, 3.63) is 24.7 Å². The van der Waals surface area contributed by atoms with E-state index >= 15 is 0 Å². The summed E-state index contributed by atoms with van der Waals surface area (Å²) in [6, 6.07) is 4.50. The minimum atomic E-state index is -0.105. The zero-order chi connectivity index (χ0) is 13.9. The Labute approximate surface area is 121 Å². The zero-order valence-electron chi connectivity index (χ0n) is 11.6. The number of ether oxygens (including phenoxy) is 1. The van der Waals surface area contributed by atoms with Gasteiger partial charge in [0, 0.05) is 25.2 Å². The van der Waals surface area contributed by atoms with Crippen LogP contribution in [-0.2, 0) is 4.74 Å². The van der Waals surface area contributed by atoms with Crippen LogP contribution in [0.25, 0.3) is 5.52 Å². The van der Waals surface area contributed by atoms with Crippen molar-refractivity contribution in [3.8, 4) is 0 Å². The van der Waals surface area contributed by atoms with Gasteiger partial charge in [-0.1, -0.05) is 0 Å². The van der Waals surface area contributed by atoms with E-state index in [0.717, 1.165) is 31.0 Å². The first-order valence-electron chi connectivity index (χ1n) is 7.34. The highest BCUT2D eigenvalue weighted by molar-refractivity contribution is 5.93. The molecule has 21 heavy (non-hydrogen) atoms. The van der Waals surface area contributed by atoms with Gasteiger partial charge in [-0.2, -0.15) is 5.10 Å². The SMILES string of the molecule is c1cc2c(NC3=NCC4(CN5CCC4C5)O3)ncnn2c1. The number of anilines is 1. The molecule has 2 fully saturated rings. The number of hydrogen-bond donors (Lipinski definition) is 1. The van der Waals surface area contributed by atoms with Crippen LogP contribution in [0.5, 0.6) is 0 Å². The van der Waals surface area contributed by atoms with Crippen molar-refractivity contribution in [1.29, 1.82) is 0 Å². The summed E-state index contributed by atoms with van der Waals surface area (Å²) in [5.74, 6) is 1.34. The quantitative estimate of drug-likeness (QED) is 0.830. The van der Waals surface area contributed by atoms with Gasteiger partial charge in [0.1, 0.15) is 17.4 Å². The first-order valence-corrected chi connectivity index (χ1v) is 7.34. The van der Waals surface area contributed by atoms with Crippen LogP contribution < -0.4 is 5.32 Å². The average molecular weight is 284 g/mol. The van der Waals surface area contributed by atoms with Gasteiger partial charge in [0.25, 0.3) is 6.02 Å². The third-order valence-corrected chi connectivity index (χ3v) is 4.86. The van der Waals surface area contributed by atoms with Gasteiger partial charge in [-0.3, -0.25) is 10.2 Å². The predicted molar refractivity (Wildman–Crippen MR) is 77.3 cm³/mol. The number of aromatic nitrogens is 3. The third kappa shape index (κ3) is 1.61. The highest BCUT2D eigenvalue weighted by Gasteiger charge is 2.54. The van der Waals surface area contributed by atoms with Gasteiger partial charge in [-0.05, 0) is 25.1 Å². The van der Waals surface area contributed by atoms with Crippen molar-refractivity contribution in [2.45, 2.75) is 12.0 Å². The van der Waals surface area contributed by atoms with Crippen LogP contribution in [-0.4, -0.2) is 57.3 Å². The molecule has 2 aromatic rings. The molecule has 7 nitrogen and oxygen atoms in total. The van der Waals surface area contributed by atoms with Crippen molar-refractivity contribution < 1.29 is 4.74 Å². The van der Waals surface area contributed by atoms with E-state index in [-0.39, 0.29) is 5.60 Å². The molecule has 7 heteroatoms. The number of amidine groups is 1. The molecule has 2 saturated heterocycles. The molecule has 2 aromatic heterocycles. The first-order chi connectivity index (χ1) is 10.3. The number of piperidine rings is 1. The molecule has 1 spiro atoms. The summed E-state index contributed by atoms with van der Waals surface area (Å²) in [6.45, 7) is 4.10. The second-order valence-corrected chi connectivity index (χ2v) is 6.08. The van der Waals surface area contributed by atoms with Gasteiger partial charge in [-0.15, -0.1) is 0 Å². The average Bonchev–Trinajstić information content (AvgIpc) is 3.23. The minimum Gasteiger partial charge on any atom is -0.455 e. The number of fused-ring (bicyclic) bond motifs is 4. The maximum Gasteiger partial charge on any atom is 0.291 e. The first kappa shape index (κ1) is 11.5. The summed E-state index contributed by atoms with van der Waals surface area (Å²) in [5, 5.41) is 7.37. The third-order valence-electron chi connectivity index (χ3n) is 4.86. The molecular formula is C14H16N6O. The topological polar surface area (TPSA) is 67.0 Å². The van der Waals surface area contributed by atoms with Crippen LogP contribution >= 0.6 is 0 Å². The Bertz CT molecular complexity index is 740. The molecule has 3 unspecified atom stereocenters. The Morgan fingerprint density at radius 1 is 1.43 bits per heavy atom. The summed E-state index contributed by atoms with van der Waals surface area (Å²) in [7, 11) is 0. The fourth-order valence-electron chi connectivity index (χ4n) is 3.80. The number of nitrogens with zero attached hydrogens (tertiary/aromatic N) is 5. The number of hydrogen-bond acceptors (Lipinski definition) is 6. The van der Waals surface area contributed by atoms with Crippen LogP contribution in [0, 0.1) is 5.92 Å². The lowest BCUT2D eigenvalue weighted by atomic mass is 9.88. The van der Waals surface area contributed by atoms with Gasteiger partial charge >= 0.3 is 0 Å². The fourth-order valence-corrected chi connectivity index (χ4v) is 3.80. The van der Waals surface area contributed by atoms with E-state index in [2.05, 4.69) is 25.3 Å². The standard InChI is InChI=1S/C14H16N6O/c1-2-11-12(16-9-17-20(11)4-1)18-13-15-7-14(21-13)8-19-5-3-10(14)6-19/h1-2,4,9-10H,3,5-8H2,(H,15,16,17,18). The van der Waals surface area contributed by atoms with Crippen molar-refractivity contribution in [3.63, 3.8) is 0 Å². The van der Waals surface area contributed by atoms with E-state index in [1.165, 1.54) is 19.3 Å². The van der Waals surface area contributed by atoms with E-state index in [1.54, 1.807) is 4.52 Å². The maximum atomic E-state index is 6.20. The maximum absolute atomic E-state index is 6.20. The van der Waals surface area contributed by atoms with E-state index < -0.39 is 0 Å². The lowest BCUT2D eigenvalue weighted by Crippen LogP contribution is -2.46.